The minimum absolute atomic E-state index is 0.250. The summed E-state index contributed by atoms with van der Waals surface area (Å²) in [5, 5.41) is 0.748. The second kappa shape index (κ2) is 7.35. The summed E-state index contributed by atoms with van der Waals surface area (Å²) in [6, 6.07) is 18.7. The Labute approximate surface area is 185 Å². The molecule has 0 atom stereocenters. The van der Waals surface area contributed by atoms with Gasteiger partial charge in [-0.2, -0.15) is 13.2 Å². The van der Waals surface area contributed by atoms with E-state index in [1.54, 1.807) is 12.1 Å². The zero-order valence-corrected chi connectivity index (χ0v) is 17.6. The third-order valence-electron chi connectivity index (χ3n) is 5.45. The van der Waals surface area contributed by atoms with E-state index in [0.717, 1.165) is 33.8 Å². The second-order valence-corrected chi connectivity index (χ2v) is 9.29. The van der Waals surface area contributed by atoms with Crippen molar-refractivity contribution in [2.24, 2.45) is 0 Å². The van der Waals surface area contributed by atoms with Crippen molar-refractivity contribution in [3.05, 3.63) is 101 Å². The van der Waals surface area contributed by atoms with Gasteiger partial charge in [-0.05, 0) is 48.0 Å². The van der Waals surface area contributed by atoms with Crippen molar-refractivity contribution >= 4 is 31.8 Å². The summed E-state index contributed by atoms with van der Waals surface area (Å²) in [6.45, 7) is 0. The molecule has 3 aromatic carbocycles. The van der Waals surface area contributed by atoms with Crippen LogP contribution in [0.2, 0.25) is 0 Å². The van der Waals surface area contributed by atoms with Gasteiger partial charge in [-0.1, -0.05) is 30.3 Å². The number of alkyl halides is 3. The van der Waals surface area contributed by atoms with Gasteiger partial charge in [-0.3, -0.25) is 4.79 Å². The molecule has 0 unspecified atom stereocenters. The molecule has 9 heteroatoms. The molecule has 166 valence electrons. The number of aromatic nitrogens is 2. The molecule has 0 aliphatic heterocycles. The summed E-state index contributed by atoms with van der Waals surface area (Å²) < 4.78 is 65.7. The van der Waals surface area contributed by atoms with Crippen LogP contribution in [0.4, 0.5) is 13.2 Å². The minimum atomic E-state index is -4.57. The average molecular weight is 468 g/mol. The monoisotopic (exact) mass is 468 g/mol. The smallest absolute Gasteiger partial charge is 0.354 e. The van der Waals surface area contributed by atoms with Gasteiger partial charge in [-0.25, -0.2) is 12.4 Å². The van der Waals surface area contributed by atoms with Crippen LogP contribution in [0.3, 0.4) is 0 Å². The van der Waals surface area contributed by atoms with Crippen LogP contribution in [0, 0.1) is 0 Å². The molecule has 0 aliphatic carbocycles. The molecule has 33 heavy (non-hydrogen) atoms. The van der Waals surface area contributed by atoms with Crippen LogP contribution in [0.15, 0.2) is 94.7 Å². The standard InChI is InChI=1S/C24H15F3N2O3S/c25-24(26,27)16-6-8-17(9-7-16)33(31,32)29-13-12-18-21(29)11-10-19-23(18)22(30)14-20(28-19)15-4-2-1-3-5-15/h1-14H,(H,28,30). The number of pyridine rings is 1. The van der Waals surface area contributed by atoms with Crippen molar-refractivity contribution in [3.63, 3.8) is 0 Å². The van der Waals surface area contributed by atoms with E-state index in [1.807, 2.05) is 30.3 Å². The van der Waals surface area contributed by atoms with E-state index in [9.17, 15) is 26.4 Å². The fraction of sp³-hybridized carbons (Fsp3) is 0.0417. The lowest BCUT2D eigenvalue weighted by molar-refractivity contribution is -0.137. The van der Waals surface area contributed by atoms with Crippen molar-refractivity contribution in [3.8, 4) is 11.3 Å². The number of halogens is 3. The first-order valence-corrected chi connectivity index (χ1v) is 11.3. The number of hydrogen-bond donors (Lipinski definition) is 1. The molecule has 5 aromatic rings. The summed E-state index contributed by atoms with van der Waals surface area (Å²) in [5.41, 5.74) is 1.03. The molecular formula is C24H15F3N2O3S. The summed E-state index contributed by atoms with van der Waals surface area (Å²) in [4.78, 5) is 15.9. The molecular weight excluding hydrogens is 453 g/mol. The Morgan fingerprint density at radius 1 is 0.848 bits per heavy atom. The summed E-state index contributed by atoms with van der Waals surface area (Å²) >= 11 is 0. The Hall–Kier alpha value is -3.85. The number of H-pyrrole nitrogens is 1. The van der Waals surface area contributed by atoms with E-state index < -0.39 is 21.8 Å². The summed E-state index contributed by atoms with van der Waals surface area (Å²) in [6.07, 6.45) is -3.28. The molecule has 5 nitrogen and oxygen atoms in total. The first-order chi connectivity index (χ1) is 15.7. The van der Waals surface area contributed by atoms with E-state index in [1.165, 1.54) is 18.3 Å². The van der Waals surface area contributed by atoms with Crippen molar-refractivity contribution in [1.82, 2.24) is 8.96 Å². The van der Waals surface area contributed by atoms with Crippen LogP contribution in [0.1, 0.15) is 5.56 Å². The van der Waals surface area contributed by atoms with Gasteiger partial charge >= 0.3 is 6.18 Å². The maximum absolute atomic E-state index is 13.1. The van der Waals surface area contributed by atoms with E-state index in [2.05, 4.69) is 4.98 Å². The SMILES string of the molecule is O=c1cc(-c2ccccc2)[nH]c2ccc3c(ccn3S(=O)(=O)c3ccc(C(F)(F)F)cc3)c12. The molecule has 0 aliphatic rings. The fourth-order valence-electron chi connectivity index (χ4n) is 3.86. The molecule has 0 amide bonds. The van der Waals surface area contributed by atoms with E-state index in [4.69, 9.17) is 0 Å². The molecule has 0 spiro atoms. The molecule has 0 bridgehead atoms. The molecule has 2 aromatic heterocycles. The number of nitrogens with zero attached hydrogens (tertiary/aromatic N) is 1. The van der Waals surface area contributed by atoms with E-state index >= 15 is 0 Å². The van der Waals surface area contributed by atoms with Crippen molar-refractivity contribution in [1.29, 1.82) is 0 Å². The largest absolute Gasteiger partial charge is 0.416 e. The van der Waals surface area contributed by atoms with Gasteiger partial charge in [0.25, 0.3) is 10.0 Å². The lowest BCUT2D eigenvalue weighted by Gasteiger charge is -2.11. The molecule has 2 heterocycles. The number of benzene rings is 3. The van der Waals surface area contributed by atoms with Crippen molar-refractivity contribution in [2.75, 3.05) is 0 Å². The summed E-state index contributed by atoms with van der Waals surface area (Å²) in [5.74, 6) is 0. The van der Waals surface area contributed by atoms with Gasteiger partial charge < -0.3 is 4.98 Å². The number of nitrogens with one attached hydrogen (secondary N) is 1. The van der Waals surface area contributed by atoms with Gasteiger partial charge in [0.05, 0.1) is 26.9 Å². The lowest BCUT2D eigenvalue weighted by Crippen LogP contribution is -2.13. The van der Waals surface area contributed by atoms with Crippen LogP contribution < -0.4 is 5.43 Å². The third-order valence-corrected chi connectivity index (χ3v) is 7.16. The zero-order chi connectivity index (χ0) is 23.4. The first-order valence-electron chi connectivity index (χ1n) is 9.82. The van der Waals surface area contributed by atoms with Crippen LogP contribution in [-0.2, 0) is 16.2 Å². The Morgan fingerprint density at radius 3 is 2.21 bits per heavy atom. The number of aromatic amines is 1. The summed E-state index contributed by atoms with van der Waals surface area (Å²) in [7, 11) is -4.18. The minimum Gasteiger partial charge on any atom is -0.354 e. The Bertz CT molecular complexity index is 1670. The van der Waals surface area contributed by atoms with Crippen LogP contribution in [-0.4, -0.2) is 17.4 Å². The lowest BCUT2D eigenvalue weighted by atomic mass is 10.1. The number of hydrogen-bond acceptors (Lipinski definition) is 3. The van der Waals surface area contributed by atoms with Gasteiger partial charge in [-0.15, -0.1) is 0 Å². The van der Waals surface area contributed by atoms with Gasteiger partial charge in [0, 0.05) is 23.3 Å². The Morgan fingerprint density at radius 2 is 1.55 bits per heavy atom. The predicted octanol–water partition coefficient (Wildman–Crippen LogP) is 5.41. The molecule has 0 fully saturated rings. The molecule has 0 saturated heterocycles. The normalized spacial score (nSPS) is 12.5. The van der Waals surface area contributed by atoms with Crippen molar-refractivity contribution in [2.45, 2.75) is 11.1 Å². The highest BCUT2D eigenvalue weighted by Gasteiger charge is 2.31. The Kier molecular flexibility index (Phi) is 4.68. The van der Waals surface area contributed by atoms with Crippen LogP contribution in [0.5, 0.6) is 0 Å². The maximum Gasteiger partial charge on any atom is 0.416 e. The van der Waals surface area contributed by atoms with E-state index in [0.29, 0.717) is 22.0 Å². The molecule has 0 radical (unpaired) electrons. The van der Waals surface area contributed by atoms with Crippen molar-refractivity contribution < 1.29 is 21.6 Å². The third kappa shape index (κ3) is 3.50. The first kappa shape index (κ1) is 21.0. The highest BCUT2D eigenvalue weighted by atomic mass is 32.2. The fourth-order valence-corrected chi connectivity index (χ4v) is 5.20. The average Bonchev–Trinajstić information content (AvgIpc) is 3.24. The topological polar surface area (TPSA) is 71.9 Å². The van der Waals surface area contributed by atoms with E-state index in [-0.39, 0.29) is 15.8 Å². The predicted molar refractivity (Wildman–Crippen MR) is 120 cm³/mol. The number of rotatable bonds is 3. The zero-order valence-electron chi connectivity index (χ0n) is 16.8. The quantitative estimate of drug-likeness (QED) is 0.385. The van der Waals surface area contributed by atoms with Gasteiger partial charge in [0.2, 0.25) is 0 Å². The Balaban J connectivity index is 1.65. The van der Waals surface area contributed by atoms with Gasteiger partial charge in [0.1, 0.15) is 0 Å². The second-order valence-electron chi connectivity index (χ2n) is 7.47. The highest BCUT2D eigenvalue weighted by molar-refractivity contribution is 7.90. The molecule has 1 N–H and O–H groups in total. The van der Waals surface area contributed by atoms with Crippen LogP contribution >= 0.6 is 0 Å². The number of fused-ring (bicyclic) bond motifs is 3. The van der Waals surface area contributed by atoms with Crippen LogP contribution in [0.25, 0.3) is 33.1 Å². The molecule has 5 rings (SSSR count). The molecule has 0 saturated carbocycles. The highest BCUT2D eigenvalue weighted by Crippen LogP contribution is 2.31. The maximum atomic E-state index is 13.1. The van der Waals surface area contributed by atoms with Gasteiger partial charge in [0.15, 0.2) is 5.43 Å².